The quantitative estimate of drug-likeness (QED) is 0.522. The highest BCUT2D eigenvalue weighted by molar-refractivity contribution is 5.88. The number of esters is 1. The number of hydrogen-bond donors (Lipinski definition) is 1. The second-order valence-electron chi connectivity index (χ2n) is 4.36. The lowest BCUT2D eigenvalue weighted by Gasteiger charge is -2.04. The number of hydrogen-bond acceptors (Lipinski definition) is 5. The molecule has 0 fully saturated rings. The molecule has 0 atom stereocenters. The Bertz CT molecular complexity index is 674. The van der Waals surface area contributed by atoms with Gasteiger partial charge in [0.2, 0.25) is 0 Å². The van der Waals surface area contributed by atoms with E-state index in [-0.39, 0.29) is 5.75 Å². The Kier molecular flexibility index (Phi) is 5.03. The number of rotatable bonds is 5. The molecule has 0 aliphatic rings. The van der Waals surface area contributed by atoms with Crippen molar-refractivity contribution in [3.8, 4) is 23.0 Å². The number of ether oxygens (including phenoxy) is 3. The molecule has 0 spiro atoms. The highest BCUT2D eigenvalue weighted by atomic mass is 16.5. The zero-order valence-corrected chi connectivity index (χ0v) is 12.3. The van der Waals surface area contributed by atoms with Gasteiger partial charge in [0.15, 0.2) is 11.5 Å². The first-order valence-corrected chi connectivity index (χ1v) is 6.53. The van der Waals surface area contributed by atoms with Gasteiger partial charge in [0.05, 0.1) is 14.2 Å². The molecule has 0 aliphatic carbocycles. The largest absolute Gasteiger partial charge is 0.504 e. The smallest absolute Gasteiger partial charge is 0.336 e. The number of phenolic OH excluding ortho intramolecular Hbond substituents is 1. The number of benzene rings is 2. The van der Waals surface area contributed by atoms with Crippen molar-refractivity contribution in [2.75, 3.05) is 14.2 Å². The minimum Gasteiger partial charge on any atom is -0.504 e. The van der Waals surface area contributed by atoms with Crippen molar-refractivity contribution < 1.29 is 24.1 Å². The van der Waals surface area contributed by atoms with Crippen molar-refractivity contribution in [2.45, 2.75) is 0 Å². The van der Waals surface area contributed by atoms with Crippen molar-refractivity contribution in [1.29, 1.82) is 0 Å². The summed E-state index contributed by atoms with van der Waals surface area (Å²) in [7, 11) is 3.02. The van der Waals surface area contributed by atoms with Gasteiger partial charge in [0.1, 0.15) is 11.5 Å². The van der Waals surface area contributed by atoms with E-state index in [1.165, 1.54) is 19.3 Å². The first kappa shape index (κ1) is 15.4. The number of methoxy groups -OCH3 is 2. The lowest BCUT2D eigenvalue weighted by atomic mass is 10.2. The van der Waals surface area contributed by atoms with E-state index < -0.39 is 5.97 Å². The Morgan fingerprint density at radius 1 is 1.00 bits per heavy atom. The maximum atomic E-state index is 11.7. The third-order valence-corrected chi connectivity index (χ3v) is 2.89. The third kappa shape index (κ3) is 4.02. The molecule has 5 heteroatoms. The van der Waals surface area contributed by atoms with Crippen LogP contribution in [0.5, 0.6) is 23.0 Å². The Morgan fingerprint density at radius 3 is 2.32 bits per heavy atom. The van der Waals surface area contributed by atoms with Gasteiger partial charge in [-0.05, 0) is 48.0 Å². The van der Waals surface area contributed by atoms with Gasteiger partial charge in [-0.1, -0.05) is 6.07 Å². The van der Waals surface area contributed by atoms with Crippen LogP contribution in [0.2, 0.25) is 0 Å². The van der Waals surface area contributed by atoms with E-state index in [1.807, 2.05) is 0 Å². The van der Waals surface area contributed by atoms with E-state index in [4.69, 9.17) is 14.2 Å². The molecule has 0 aromatic heterocycles. The molecule has 2 aromatic rings. The maximum Gasteiger partial charge on any atom is 0.336 e. The minimum absolute atomic E-state index is 0.0421. The van der Waals surface area contributed by atoms with E-state index in [9.17, 15) is 9.90 Å². The molecule has 0 heterocycles. The molecule has 0 radical (unpaired) electrons. The number of carbonyl (C=O) groups excluding carboxylic acids is 1. The minimum atomic E-state index is -0.503. The van der Waals surface area contributed by atoms with Crippen LogP contribution in [-0.2, 0) is 4.79 Å². The fraction of sp³-hybridized carbons (Fsp3) is 0.118. The number of carbonyl (C=O) groups is 1. The second-order valence-corrected chi connectivity index (χ2v) is 4.36. The predicted molar refractivity (Wildman–Crippen MR) is 82.3 cm³/mol. The molecule has 0 unspecified atom stereocenters. The Labute approximate surface area is 128 Å². The molecule has 0 amide bonds. The third-order valence-electron chi connectivity index (χ3n) is 2.89. The Morgan fingerprint density at radius 2 is 1.68 bits per heavy atom. The average molecular weight is 300 g/mol. The van der Waals surface area contributed by atoms with Crippen LogP contribution >= 0.6 is 0 Å². The van der Waals surface area contributed by atoms with Gasteiger partial charge in [-0.25, -0.2) is 4.79 Å². The summed E-state index contributed by atoms with van der Waals surface area (Å²) < 4.78 is 15.2. The lowest BCUT2D eigenvalue weighted by molar-refractivity contribution is -0.128. The first-order valence-electron chi connectivity index (χ1n) is 6.53. The Hall–Kier alpha value is -2.95. The summed E-state index contributed by atoms with van der Waals surface area (Å²) in [5.74, 6) is 0.994. The van der Waals surface area contributed by atoms with E-state index in [2.05, 4.69) is 0 Å². The maximum absolute atomic E-state index is 11.7. The molecule has 0 aliphatic heterocycles. The van der Waals surface area contributed by atoms with Crippen molar-refractivity contribution in [2.24, 2.45) is 0 Å². The van der Waals surface area contributed by atoms with Crippen molar-refractivity contribution in [1.82, 2.24) is 0 Å². The van der Waals surface area contributed by atoms with Crippen molar-refractivity contribution in [3.63, 3.8) is 0 Å². The van der Waals surface area contributed by atoms with Gasteiger partial charge >= 0.3 is 5.97 Å². The normalized spacial score (nSPS) is 10.5. The van der Waals surface area contributed by atoms with Gasteiger partial charge in [-0.3, -0.25) is 0 Å². The molecule has 22 heavy (non-hydrogen) atoms. The predicted octanol–water partition coefficient (Wildman–Crippen LogP) is 3.03. The molecular formula is C17H16O5. The molecular weight excluding hydrogens is 284 g/mol. The zero-order chi connectivity index (χ0) is 15.9. The first-order chi connectivity index (χ1) is 10.6. The molecule has 0 bridgehead atoms. The summed E-state index contributed by atoms with van der Waals surface area (Å²) >= 11 is 0. The molecule has 2 rings (SSSR count). The van der Waals surface area contributed by atoms with Gasteiger partial charge < -0.3 is 19.3 Å². The fourth-order valence-corrected chi connectivity index (χ4v) is 1.76. The van der Waals surface area contributed by atoms with E-state index in [0.29, 0.717) is 22.8 Å². The summed E-state index contributed by atoms with van der Waals surface area (Å²) in [4.78, 5) is 11.7. The van der Waals surface area contributed by atoms with Crippen LogP contribution in [-0.4, -0.2) is 25.3 Å². The van der Waals surface area contributed by atoms with E-state index in [1.54, 1.807) is 49.6 Å². The topological polar surface area (TPSA) is 65.0 Å². The van der Waals surface area contributed by atoms with Crippen LogP contribution in [0.4, 0.5) is 0 Å². The van der Waals surface area contributed by atoms with Crippen LogP contribution < -0.4 is 14.2 Å². The van der Waals surface area contributed by atoms with Crippen molar-refractivity contribution >= 4 is 12.0 Å². The molecule has 2 aromatic carbocycles. The monoisotopic (exact) mass is 300 g/mol. The van der Waals surface area contributed by atoms with E-state index in [0.717, 1.165) is 0 Å². The van der Waals surface area contributed by atoms with Gasteiger partial charge in [0, 0.05) is 6.08 Å². The molecule has 0 saturated carbocycles. The lowest BCUT2D eigenvalue weighted by Crippen LogP contribution is -2.03. The molecule has 114 valence electrons. The highest BCUT2D eigenvalue weighted by Gasteiger charge is 2.03. The van der Waals surface area contributed by atoms with Crippen LogP contribution in [0.25, 0.3) is 6.08 Å². The molecule has 5 nitrogen and oxygen atoms in total. The Balaban J connectivity index is 2.01. The zero-order valence-electron chi connectivity index (χ0n) is 12.3. The average Bonchev–Trinajstić information content (AvgIpc) is 2.55. The SMILES string of the molecule is COc1ccc(OC(=O)C=Cc2ccc(O)c(OC)c2)cc1. The van der Waals surface area contributed by atoms with Crippen LogP contribution in [0.3, 0.4) is 0 Å². The summed E-state index contributed by atoms with van der Waals surface area (Å²) in [5, 5.41) is 9.50. The summed E-state index contributed by atoms with van der Waals surface area (Å²) in [6.07, 6.45) is 2.88. The summed E-state index contributed by atoms with van der Waals surface area (Å²) in [5.41, 5.74) is 0.710. The van der Waals surface area contributed by atoms with Gasteiger partial charge in [0.25, 0.3) is 0 Å². The summed E-state index contributed by atoms with van der Waals surface area (Å²) in [6, 6.07) is 11.5. The van der Waals surface area contributed by atoms with Crippen molar-refractivity contribution in [3.05, 3.63) is 54.1 Å². The van der Waals surface area contributed by atoms with Crippen LogP contribution in [0, 0.1) is 0 Å². The second kappa shape index (κ2) is 7.17. The standard InChI is InChI=1S/C17H16O5/c1-20-13-5-7-14(8-6-13)22-17(19)10-4-12-3-9-15(18)16(11-12)21-2/h3-11,18H,1-2H3. The number of phenols is 1. The van der Waals surface area contributed by atoms with Crippen LogP contribution in [0.1, 0.15) is 5.56 Å². The van der Waals surface area contributed by atoms with Gasteiger partial charge in [-0.15, -0.1) is 0 Å². The van der Waals surface area contributed by atoms with Crippen LogP contribution in [0.15, 0.2) is 48.5 Å². The van der Waals surface area contributed by atoms with Gasteiger partial charge in [-0.2, -0.15) is 0 Å². The number of aromatic hydroxyl groups is 1. The summed E-state index contributed by atoms with van der Waals surface area (Å²) in [6.45, 7) is 0. The van der Waals surface area contributed by atoms with E-state index >= 15 is 0 Å². The molecule has 0 saturated heterocycles. The fourth-order valence-electron chi connectivity index (χ4n) is 1.76. The highest BCUT2D eigenvalue weighted by Crippen LogP contribution is 2.26. The molecule has 1 N–H and O–H groups in total.